The quantitative estimate of drug-likeness (QED) is 0.766. The Morgan fingerprint density at radius 3 is 2.55 bits per heavy atom. The lowest BCUT2D eigenvalue weighted by Gasteiger charge is -2.19. The predicted molar refractivity (Wildman–Crippen MR) is 83.4 cm³/mol. The van der Waals surface area contributed by atoms with E-state index in [1.807, 2.05) is 32.3 Å². The third-order valence-electron chi connectivity index (χ3n) is 3.16. The molecule has 3 heteroatoms. The number of hydrogen-bond donors (Lipinski definition) is 0. The third-order valence-corrected chi connectivity index (χ3v) is 3.16. The van der Waals surface area contributed by atoms with Gasteiger partial charge in [-0.05, 0) is 50.2 Å². The Balaban J connectivity index is 2.44. The molecule has 0 aromatic heterocycles. The predicted octanol–water partition coefficient (Wildman–Crippen LogP) is 3.27. The van der Waals surface area contributed by atoms with Gasteiger partial charge < -0.3 is 9.64 Å². The summed E-state index contributed by atoms with van der Waals surface area (Å²) in [6, 6.07) is 7.99. The fourth-order valence-corrected chi connectivity index (χ4v) is 1.88. The molecular formula is C17H27NO2. The molecule has 3 nitrogen and oxygen atoms in total. The molecule has 0 bridgehead atoms. The van der Waals surface area contributed by atoms with E-state index in [2.05, 4.69) is 31.7 Å². The van der Waals surface area contributed by atoms with Crippen LogP contribution in [0.25, 0.3) is 0 Å². The summed E-state index contributed by atoms with van der Waals surface area (Å²) < 4.78 is 5.60. The van der Waals surface area contributed by atoms with Crippen LogP contribution in [0.15, 0.2) is 24.3 Å². The number of ether oxygens (including phenoxy) is 1. The minimum atomic E-state index is 0.0924. The van der Waals surface area contributed by atoms with Gasteiger partial charge in [-0.2, -0.15) is 0 Å². The zero-order chi connectivity index (χ0) is 15.2. The van der Waals surface area contributed by atoms with Crippen molar-refractivity contribution in [2.45, 2.75) is 39.0 Å². The normalized spacial score (nSPS) is 11.7. The first-order chi connectivity index (χ1) is 9.29. The van der Waals surface area contributed by atoms with Gasteiger partial charge in [0.05, 0.1) is 0 Å². The Kier molecular flexibility index (Phi) is 6.21. The molecule has 20 heavy (non-hydrogen) atoms. The van der Waals surface area contributed by atoms with Gasteiger partial charge in [0, 0.05) is 6.42 Å². The fourth-order valence-electron chi connectivity index (χ4n) is 1.88. The number of carbonyl (C=O) groups excluding carboxylic acids is 1. The fraction of sp³-hybridized carbons (Fsp3) is 0.588. The lowest BCUT2D eigenvalue weighted by atomic mass is 9.87. The molecule has 0 radical (unpaired) electrons. The largest absolute Gasteiger partial charge is 0.486 e. The van der Waals surface area contributed by atoms with Crippen molar-refractivity contribution in [2.24, 2.45) is 0 Å². The molecular weight excluding hydrogens is 250 g/mol. The van der Waals surface area contributed by atoms with E-state index in [1.165, 1.54) is 5.56 Å². The Labute approximate surface area is 122 Å². The molecule has 0 amide bonds. The van der Waals surface area contributed by atoms with Gasteiger partial charge in [0.25, 0.3) is 0 Å². The molecule has 0 aliphatic heterocycles. The van der Waals surface area contributed by atoms with E-state index in [0.717, 1.165) is 18.7 Å². The molecule has 0 N–H and O–H groups in total. The van der Waals surface area contributed by atoms with Crippen LogP contribution >= 0.6 is 0 Å². The molecule has 0 unspecified atom stereocenters. The van der Waals surface area contributed by atoms with Gasteiger partial charge in [-0.3, -0.25) is 4.79 Å². The van der Waals surface area contributed by atoms with Gasteiger partial charge in [0.1, 0.15) is 12.4 Å². The number of benzene rings is 1. The van der Waals surface area contributed by atoms with Crippen LogP contribution in [0.3, 0.4) is 0 Å². The minimum absolute atomic E-state index is 0.0924. The smallest absolute Gasteiger partial charge is 0.170 e. The molecule has 0 spiro atoms. The van der Waals surface area contributed by atoms with Crippen molar-refractivity contribution in [2.75, 3.05) is 27.2 Å². The average Bonchev–Trinajstić information content (AvgIpc) is 2.35. The van der Waals surface area contributed by atoms with E-state index >= 15 is 0 Å². The van der Waals surface area contributed by atoms with Gasteiger partial charge in [-0.25, -0.2) is 0 Å². The van der Waals surface area contributed by atoms with Crippen LogP contribution in [-0.2, 0) is 10.2 Å². The lowest BCUT2D eigenvalue weighted by molar-refractivity contribution is -0.121. The number of nitrogens with zero attached hydrogens (tertiary/aromatic N) is 1. The lowest BCUT2D eigenvalue weighted by Crippen LogP contribution is -2.17. The molecule has 0 heterocycles. The highest BCUT2D eigenvalue weighted by atomic mass is 16.5. The highest BCUT2D eigenvalue weighted by Gasteiger charge is 2.14. The summed E-state index contributed by atoms with van der Waals surface area (Å²) in [5.74, 6) is 0.936. The second-order valence-corrected chi connectivity index (χ2v) is 6.51. The van der Waals surface area contributed by atoms with Crippen molar-refractivity contribution in [3.8, 4) is 5.75 Å². The van der Waals surface area contributed by atoms with Crippen LogP contribution < -0.4 is 4.74 Å². The van der Waals surface area contributed by atoms with E-state index < -0.39 is 0 Å². The maximum atomic E-state index is 11.7. The monoisotopic (exact) mass is 277 g/mol. The molecule has 0 fully saturated rings. The Bertz CT molecular complexity index is 433. The summed E-state index contributed by atoms with van der Waals surface area (Å²) in [7, 11) is 4.03. The summed E-state index contributed by atoms with van der Waals surface area (Å²) >= 11 is 0. The van der Waals surface area contributed by atoms with Crippen molar-refractivity contribution >= 4 is 5.78 Å². The molecule has 0 atom stereocenters. The zero-order valence-electron chi connectivity index (χ0n) is 13.4. The van der Waals surface area contributed by atoms with Gasteiger partial charge >= 0.3 is 0 Å². The molecule has 1 aromatic carbocycles. The summed E-state index contributed by atoms with van der Waals surface area (Å²) in [6.45, 7) is 7.60. The van der Waals surface area contributed by atoms with E-state index in [4.69, 9.17) is 4.74 Å². The van der Waals surface area contributed by atoms with Crippen molar-refractivity contribution < 1.29 is 9.53 Å². The third kappa shape index (κ3) is 6.20. The Morgan fingerprint density at radius 2 is 1.95 bits per heavy atom. The van der Waals surface area contributed by atoms with Crippen molar-refractivity contribution in [1.29, 1.82) is 0 Å². The highest BCUT2D eigenvalue weighted by Crippen LogP contribution is 2.25. The van der Waals surface area contributed by atoms with Crippen molar-refractivity contribution in [3.05, 3.63) is 29.8 Å². The summed E-state index contributed by atoms with van der Waals surface area (Å²) in [6.07, 6.45) is 1.47. The first kappa shape index (κ1) is 16.7. The molecule has 1 aromatic rings. The van der Waals surface area contributed by atoms with Crippen LogP contribution in [0.4, 0.5) is 0 Å². The molecule has 1 rings (SSSR count). The zero-order valence-corrected chi connectivity index (χ0v) is 13.4. The second-order valence-electron chi connectivity index (χ2n) is 6.51. The van der Waals surface area contributed by atoms with E-state index in [1.54, 1.807) is 0 Å². The summed E-state index contributed by atoms with van der Waals surface area (Å²) in [4.78, 5) is 13.8. The number of ketones is 1. The molecule has 0 aliphatic carbocycles. The molecule has 0 saturated carbocycles. The van der Waals surface area contributed by atoms with E-state index in [0.29, 0.717) is 6.42 Å². The molecule has 0 aliphatic rings. The first-order valence-electron chi connectivity index (χ1n) is 7.19. The van der Waals surface area contributed by atoms with Crippen LogP contribution in [0.1, 0.15) is 39.2 Å². The van der Waals surface area contributed by atoms with E-state index in [9.17, 15) is 4.79 Å². The standard InChI is InChI=1S/C17H27NO2/c1-17(2,3)14-8-6-10-16(12-14)20-13-15(19)9-7-11-18(4)5/h6,8,10,12H,7,9,11,13H2,1-5H3. The topological polar surface area (TPSA) is 29.5 Å². The van der Waals surface area contributed by atoms with Gasteiger partial charge in [0.2, 0.25) is 0 Å². The first-order valence-corrected chi connectivity index (χ1v) is 7.19. The molecule has 0 saturated heterocycles. The van der Waals surface area contributed by atoms with Crippen LogP contribution in [0.2, 0.25) is 0 Å². The maximum absolute atomic E-state index is 11.7. The van der Waals surface area contributed by atoms with E-state index in [-0.39, 0.29) is 17.8 Å². The molecule has 112 valence electrons. The number of carbonyl (C=O) groups is 1. The van der Waals surface area contributed by atoms with Crippen molar-refractivity contribution in [1.82, 2.24) is 4.90 Å². The summed E-state index contributed by atoms with van der Waals surface area (Å²) in [5, 5.41) is 0. The number of Topliss-reactive ketones (excluding diaryl/α,β-unsaturated/α-hetero) is 1. The van der Waals surface area contributed by atoms with Crippen LogP contribution in [-0.4, -0.2) is 37.9 Å². The SMILES string of the molecule is CN(C)CCCC(=O)COc1cccc(C(C)(C)C)c1. The Morgan fingerprint density at radius 1 is 1.25 bits per heavy atom. The van der Waals surface area contributed by atoms with Crippen LogP contribution in [0.5, 0.6) is 5.75 Å². The second kappa shape index (κ2) is 7.44. The average molecular weight is 277 g/mol. The maximum Gasteiger partial charge on any atom is 0.170 e. The van der Waals surface area contributed by atoms with Gasteiger partial charge in [-0.15, -0.1) is 0 Å². The van der Waals surface area contributed by atoms with Gasteiger partial charge in [0.15, 0.2) is 5.78 Å². The van der Waals surface area contributed by atoms with Crippen molar-refractivity contribution in [3.63, 3.8) is 0 Å². The summed E-state index contributed by atoms with van der Waals surface area (Å²) in [5.41, 5.74) is 1.31. The number of rotatable bonds is 7. The Hall–Kier alpha value is -1.35. The van der Waals surface area contributed by atoms with Gasteiger partial charge in [-0.1, -0.05) is 32.9 Å². The number of hydrogen-bond acceptors (Lipinski definition) is 3. The minimum Gasteiger partial charge on any atom is -0.486 e. The van der Waals surface area contributed by atoms with Crippen LogP contribution in [0, 0.1) is 0 Å². The highest BCUT2D eigenvalue weighted by molar-refractivity contribution is 5.79.